The van der Waals surface area contributed by atoms with Crippen molar-refractivity contribution >= 4 is 0 Å². The average Bonchev–Trinajstić information content (AvgIpc) is 2.50. The molecule has 0 unspecified atom stereocenters. The fourth-order valence-corrected chi connectivity index (χ4v) is 2.04. The normalized spacial score (nSPS) is 9.36. The van der Waals surface area contributed by atoms with Gasteiger partial charge in [-0.05, 0) is 25.3 Å². The molecule has 0 aliphatic heterocycles. The third kappa shape index (κ3) is 19.2. The molecule has 0 aliphatic carbocycles. The van der Waals surface area contributed by atoms with Crippen LogP contribution in [0.15, 0.2) is 24.3 Å². The van der Waals surface area contributed by atoms with Gasteiger partial charge in [0.05, 0.1) is 0 Å². The lowest BCUT2D eigenvalue weighted by Gasteiger charge is -2.02. The highest BCUT2D eigenvalue weighted by atomic mass is 14.0. The molecule has 0 radical (unpaired) electrons. The minimum absolute atomic E-state index is 1.25. The minimum Gasteiger partial charge on any atom is -0.0656 e. The lowest BCUT2D eigenvalue weighted by Crippen LogP contribution is -1.86. The van der Waals surface area contributed by atoms with Crippen LogP contribution in [-0.2, 0) is 6.42 Å². The Morgan fingerprint density at radius 3 is 1.45 bits per heavy atom. The van der Waals surface area contributed by atoms with Gasteiger partial charge in [-0.25, -0.2) is 0 Å². The van der Waals surface area contributed by atoms with E-state index in [0.717, 1.165) is 0 Å². The summed E-state index contributed by atoms with van der Waals surface area (Å²) in [5.41, 5.74) is 2.86. The van der Waals surface area contributed by atoms with Crippen LogP contribution in [0.3, 0.4) is 0 Å². The van der Waals surface area contributed by atoms with Gasteiger partial charge in [-0.15, -0.1) is 0 Å². The fraction of sp³-hybridized carbons (Fsp3) is 0.727. The van der Waals surface area contributed by atoms with Crippen molar-refractivity contribution in [3.8, 4) is 0 Å². The van der Waals surface area contributed by atoms with Gasteiger partial charge < -0.3 is 0 Å². The van der Waals surface area contributed by atoms with Gasteiger partial charge in [0, 0.05) is 0 Å². The first-order valence-corrected chi connectivity index (χ1v) is 9.71. The van der Waals surface area contributed by atoms with Crippen molar-refractivity contribution in [2.45, 2.75) is 106 Å². The number of aryl methyl sites for hydroxylation is 2. The lowest BCUT2D eigenvalue weighted by molar-refractivity contribution is 0.589. The third-order valence-electron chi connectivity index (χ3n) is 3.19. The molecule has 0 nitrogen and oxygen atoms in total. The van der Waals surface area contributed by atoms with E-state index in [1.54, 1.807) is 0 Å². The Bertz CT molecular complexity index is 281. The van der Waals surface area contributed by atoms with E-state index in [0.29, 0.717) is 0 Å². The maximum Gasteiger partial charge on any atom is -0.0279 e. The van der Waals surface area contributed by atoms with Crippen molar-refractivity contribution in [2.24, 2.45) is 0 Å². The summed E-state index contributed by atoms with van der Waals surface area (Å²) in [5.74, 6) is 0. The second kappa shape index (κ2) is 20.2. The highest BCUT2D eigenvalue weighted by Crippen LogP contribution is 2.11. The first-order valence-electron chi connectivity index (χ1n) is 9.71. The molecule has 0 spiro atoms. The summed E-state index contributed by atoms with van der Waals surface area (Å²) in [6.45, 7) is 12.9. The molecule has 0 amide bonds. The standard InChI is InChI=1S/C16H26.2C3H8/c1-3-4-5-6-7-8-9-10-16-13-11-15(2)12-14-16;2*1-3-2/h11-14H,3-10H2,1-2H3;2*3H2,1-2H3. The Kier molecular flexibility index (Phi) is 21.6. The molecule has 0 atom stereocenters. The number of unbranched alkanes of at least 4 members (excludes halogenated alkanes) is 6. The zero-order valence-corrected chi connectivity index (χ0v) is 16.4. The Labute approximate surface area is 141 Å². The molecule has 0 heteroatoms. The molecule has 1 rings (SSSR count). The van der Waals surface area contributed by atoms with Gasteiger partial charge in [0.2, 0.25) is 0 Å². The van der Waals surface area contributed by atoms with Gasteiger partial charge in [-0.2, -0.15) is 0 Å². The smallest absolute Gasteiger partial charge is 0.0279 e. The van der Waals surface area contributed by atoms with E-state index in [1.807, 2.05) is 0 Å². The number of hydrogen-bond donors (Lipinski definition) is 0. The average molecular weight is 307 g/mol. The number of benzene rings is 1. The van der Waals surface area contributed by atoms with Crippen LogP contribution in [0.25, 0.3) is 0 Å². The maximum atomic E-state index is 2.28. The van der Waals surface area contributed by atoms with Crippen LogP contribution in [0.4, 0.5) is 0 Å². The van der Waals surface area contributed by atoms with Gasteiger partial charge >= 0.3 is 0 Å². The van der Waals surface area contributed by atoms with Crippen molar-refractivity contribution in [3.05, 3.63) is 35.4 Å². The molecule has 0 bridgehead atoms. The first-order chi connectivity index (χ1) is 10.7. The van der Waals surface area contributed by atoms with E-state index in [1.165, 1.54) is 75.3 Å². The molecule has 1 aromatic carbocycles. The molecule has 0 fully saturated rings. The quantitative estimate of drug-likeness (QED) is 0.425. The van der Waals surface area contributed by atoms with Crippen LogP contribution in [0, 0.1) is 6.92 Å². The van der Waals surface area contributed by atoms with Gasteiger partial charge in [0.1, 0.15) is 0 Å². The monoisotopic (exact) mass is 306 g/mol. The Hall–Kier alpha value is -0.780. The van der Waals surface area contributed by atoms with Crippen LogP contribution in [0.5, 0.6) is 0 Å². The molecule has 0 saturated carbocycles. The molecule has 0 N–H and O–H groups in total. The summed E-state index contributed by atoms with van der Waals surface area (Å²) in [6, 6.07) is 8.98. The Morgan fingerprint density at radius 1 is 0.591 bits per heavy atom. The van der Waals surface area contributed by atoms with Crippen LogP contribution < -0.4 is 0 Å². The fourth-order valence-electron chi connectivity index (χ4n) is 2.04. The first kappa shape index (κ1) is 23.5. The van der Waals surface area contributed by atoms with Crippen molar-refractivity contribution in [1.82, 2.24) is 0 Å². The zero-order chi connectivity index (χ0) is 17.1. The molecule has 22 heavy (non-hydrogen) atoms. The summed E-state index contributed by atoms with van der Waals surface area (Å²) in [7, 11) is 0. The summed E-state index contributed by atoms with van der Waals surface area (Å²) >= 11 is 0. The molecule has 0 saturated heterocycles. The van der Waals surface area contributed by atoms with E-state index < -0.39 is 0 Å². The highest BCUT2D eigenvalue weighted by Gasteiger charge is 1.94. The highest BCUT2D eigenvalue weighted by molar-refractivity contribution is 5.21. The molecule has 130 valence electrons. The summed E-state index contributed by atoms with van der Waals surface area (Å²) in [6.07, 6.45) is 13.6. The predicted octanol–water partition coefficient (Wildman–Crippen LogP) is 8.12. The molecule has 0 aromatic heterocycles. The van der Waals surface area contributed by atoms with E-state index in [9.17, 15) is 0 Å². The van der Waals surface area contributed by atoms with E-state index in [-0.39, 0.29) is 0 Å². The van der Waals surface area contributed by atoms with Crippen molar-refractivity contribution < 1.29 is 0 Å². The van der Waals surface area contributed by atoms with Gasteiger partial charge in [0.25, 0.3) is 0 Å². The van der Waals surface area contributed by atoms with Crippen LogP contribution >= 0.6 is 0 Å². The summed E-state index contributed by atoms with van der Waals surface area (Å²) in [4.78, 5) is 0. The van der Waals surface area contributed by atoms with E-state index in [2.05, 4.69) is 65.8 Å². The second-order valence-electron chi connectivity index (χ2n) is 6.27. The molecule has 0 aliphatic rings. The lowest BCUT2D eigenvalue weighted by atomic mass is 10.0. The summed E-state index contributed by atoms with van der Waals surface area (Å²) < 4.78 is 0. The van der Waals surface area contributed by atoms with Crippen LogP contribution in [0.1, 0.15) is 104 Å². The maximum absolute atomic E-state index is 2.28. The molecule has 0 heterocycles. The van der Waals surface area contributed by atoms with Crippen LogP contribution in [-0.4, -0.2) is 0 Å². The third-order valence-corrected chi connectivity index (χ3v) is 3.19. The number of rotatable bonds is 8. The predicted molar refractivity (Wildman–Crippen MR) is 105 cm³/mol. The Morgan fingerprint density at radius 2 is 1.00 bits per heavy atom. The molecular weight excluding hydrogens is 264 g/mol. The molecule has 1 aromatic rings. The second-order valence-corrected chi connectivity index (χ2v) is 6.27. The van der Waals surface area contributed by atoms with Crippen LogP contribution in [0.2, 0.25) is 0 Å². The van der Waals surface area contributed by atoms with Gasteiger partial charge in [0.15, 0.2) is 0 Å². The van der Waals surface area contributed by atoms with Gasteiger partial charge in [-0.3, -0.25) is 0 Å². The minimum atomic E-state index is 1.25. The van der Waals surface area contributed by atoms with Crippen molar-refractivity contribution in [3.63, 3.8) is 0 Å². The van der Waals surface area contributed by atoms with E-state index >= 15 is 0 Å². The molecular formula is C22H42. The van der Waals surface area contributed by atoms with Gasteiger partial charge in [-0.1, -0.05) is 116 Å². The van der Waals surface area contributed by atoms with E-state index in [4.69, 9.17) is 0 Å². The summed E-state index contributed by atoms with van der Waals surface area (Å²) in [5, 5.41) is 0. The zero-order valence-electron chi connectivity index (χ0n) is 16.4. The largest absolute Gasteiger partial charge is 0.0656 e. The van der Waals surface area contributed by atoms with Crippen molar-refractivity contribution in [1.29, 1.82) is 0 Å². The number of hydrogen-bond acceptors (Lipinski definition) is 0. The SMILES string of the molecule is CCC.CCC.CCCCCCCCCc1ccc(C)cc1. The topological polar surface area (TPSA) is 0 Å². The Balaban J connectivity index is 0. The van der Waals surface area contributed by atoms with Crippen molar-refractivity contribution in [2.75, 3.05) is 0 Å².